The molecule has 10 aromatic rings. The first-order chi connectivity index (χ1) is 29.0. The Labute approximate surface area is 345 Å². The zero-order valence-electron chi connectivity index (χ0n) is 33.1. The van der Waals surface area contributed by atoms with E-state index in [0.29, 0.717) is 0 Å². The molecule has 0 amide bonds. The predicted octanol–water partition coefficient (Wildman–Crippen LogP) is 16.0. The van der Waals surface area contributed by atoms with Crippen molar-refractivity contribution in [2.45, 2.75) is 19.3 Å². The Balaban J connectivity index is 1.09. The Bertz CT molecular complexity index is 3160. The predicted molar refractivity (Wildman–Crippen MR) is 248 cm³/mol. The fraction of sp³-hybridized carbons (Fsp3) is 0.0526. The summed E-state index contributed by atoms with van der Waals surface area (Å²) in [6.07, 6.45) is 0. The number of anilines is 3. The van der Waals surface area contributed by atoms with Crippen molar-refractivity contribution in [1.29, 1.82) is 0 Å². The minimum absolute atomic E-state index is 0.125. The topological polar surface area (TPSA) is 16.4 Å². The third kappa shape index (κ3) is 5.87. The van der Waals surface area contributed by atoms with E-state index >= 15 is 0 Å². The van der Waals surface area contributed by atoms with Crippen LogP contribution in [0.2, 0.25) is 0 Å². The highest BCUT2D eigenvalue weighted by Crippen LogP contribution is 2.51. The van der Waals surface area contributed by atoms with Crippen LogP contribution < -0.4 is 4.90 Å². The maximum Gasteiger partial charge on any atom is 0.136 e. The molecule has 0 N–H and O–H groups in total. The standard InChI is InChI=1S/C57H41NO/c1-57(2)51-22-11-9-20-48(51)49-33-32-46(37-52(49)57)58(44-30-28-41(29-31-44)39-16-7-4-8-17-39)45-19-13-18-43(36-45)47-34-35-54-56(50-21-10-12-23-53(50)59-54)55(47)42-26-24-40(25-27-42)38-14-5-3-6-15-38/h3-37H,1-2H3. The van der Waals surface area contributed by atoms with Gasteiger partial charge in [0, 0.05) is 38.8 Å². The summed E-state index contributed by atoms with van der Waals surface area (Å²) < 4.78 is 6.49. The maximum absolute atomic E-state index is 6.49. The molecule has 1 heterocycles. The molecule has 1 aliphatic rings. The van der Waals surface area contributed by atoms with Gasteiger partial charge < -0.3 is 9.32 Å². The highest BCUT2D eigenvalue weighted by atomic mass is 16.3. The van der Waals surface area contributed by atoms with E-state index in [4.69, 9.17) is 4.42 Å². The molecule has 1 aliphatic carbocycles. The summed E-state index contributed by atoms with van der Waals surface area (Å²) >= 11 is 0. The molecular formula is C57H41NO. The van der Waals surface area contributed by atoms with Gasteiger partial charge in [-0.3, -0.25) is 0 Å². The SMILES string of the molecule is CC1(C)c2ccccc2-c2ccc(N(c3ccc(-c4ccccc4)cc3)c3cccc(-c4ccc5oc6ccccc6c5c4-c4ccc(-c5ccccc5)cc4)c3)cc21. The molecule has 59 heavy (non-hydrogen) atoms. The van der Waals surface area contributed by atoms with Crippen molar-refractivity contribution in [2.24, 2.45) is 0 Å². The summed E-state index contributed by atoms with van der Waals surface area (Å²) in [4.78, 5) is 2.41. The number of rotatable bonds is 7. The Morgan fingerprint density at radius 1 is 0.356 bits per heavy atom. The van der Waals surface area contributed by atoms with Gasteiger partial charge in [-0.2, -0.15) is 0 Å². The van der Waals surface area contributed by atoms with Crippen molar-refractivity contribution in [3.8, 4) is 55.6 Å². The van der Waals surface area contributed by atoms with E-state index in [1.165, 1.54) is 50.1 Å². The van der Waals surface area contributed by atoms with Crippen LogP contribution >= 0.6 is 0 Å². The van der Waals surface area contributed by atoms with Crippen molar-refractivity contribution >= 4 is 39.0 Å². The lowest BCUT2D eigenvalue weighted by atomic mass is 9.82. The number of fused-ring (bicyclic) bond motifs is 6. The quantitative estimate of drug-likeness (QED) is 0.161. The third-order valence-electron chi connectivity index (χ3n) is 12.3. The van der Waals surface area contributed by atoms with Crippen LogP contribution in [0.15, 0.2) is 217 Å². The Morgan fingerprint density at radius 3 is 1.64 bits per heavy atom. The molecule has 0 spiro atoms. The molecule has 0 saturated heterocycles. The summed E-state index contributed by atoms with van der Waals surface area (Å²) in [6, 6.07) is 76.8. The molecule has 0 aliphatic heterocycles. The van der Waals surface area contributed by atoms with E-state index in [2.05, 4.69) is 225 Å². The third-order valence-corrected chi connectivity index (χ3v) is 12.3. The van der Waals surface area contributed by atoms with Crippen LogP contribution in [0, 0.1) is 0 Å². The zero-order valence-corrected chi connectivity index (χ0v) is 33.1. The number of hydrogen-bond donors (Lipinski definition) is 0. The zero-order chi connectivity index (χ0) is 39.5. The van der Waals surface area contributed by atoms with Crippen molar-refractivity contribution in [3.05, 3.63) is 223 Å². The van der Waals surface area contributed by atoms with Crippen LogP contribution in [-0.4, -0.2) is 0 Å². The van der Waals surface area contributed by atoms with Crippen molar-refractivity contribution in [3.63, 3.8) is 0 Å². The smallest absolute Gasteiger partial charge is 0.136 e. The Hall–Kier alpha value is -7.42. The van der Waals surface area contributed by atoms with Crippen LogP contribution in [0.5, 0.6) is 0 Å². The highest BCUT2D eigenvalue weighted by molar-refractivity contribution is 6.16. The van der Waals surface area contributed by atoms with Gasteiger partial charge in [-0.15, -0.1) is 0 Å². The van der Waals surface area contributed by atoms with Crippen LogP contribution in [0.1, 0.15) is 25.0 Å². The molecule has 2 heteroatoms. The lowest BCUT2D eigenvalue weighted by molar-refractivity contribution is 0.660. The highest BCUT2D eigenvalue weighted by Gasteiger charge is 2.35. The van der Waals surface area contributed by atoms with E-state index in [9.17, 15) is 0 Å². The monoisotopic (exact) mass is 755 g/mol. The van der Waals surface area contributed by atoms with Gasteiger partial charge in [0.1, 0.15) is 11.2 Å². The molecular weight excluding hydrogens is 715 g/mol. The normalized spacial score (nSPS) is 12.7. The van der Waals surface area contributed by atoms with Crippen LogP contribution in [0.4, 0.5) is 17.1 Å². The molecule has 280 valence electrons. The molecule has 0 unspecified atom stereocenters. The molecule has 9 aromatic carbocycles. The van der Waals surface area contributed by atoms with Gasteiger partial charge in [0.25, 0.3) is 0 Å². The van der Waals surface area contributed by atoms with Crippen molar-refractivity contribution < 1.29 is 4.42 Å². The van der Waals surface area contributed by atoms with E-state index in [-0.39, 0.29) is 5.41 Å². The van der Waals surface area contributed by atoms with Crippen molar-refractivity contribution in [1.82, 2.24) is 0 Å². The van der Waals surface area contributed by atoms with Gasteiger partial charge in [0.05, 0.1) is 0 Å². The number of furan rings is 1. The minimum atomic E-state index is -0.125. The van der Waals surface area contributed by atoms with Crippen LogP contribution in [-0.2, 0) is 5.41 Å². The number of hydrogen-bond acceptors (Lipinski definition) is 2. The minimum Gasteiger partial charge on any atom is -0.456 e. The first-order valence-electron chi connectivity index (χ1n) is 20.4. The van der Waals surface area contributed by atoms with Gasteiger partial charge in [-0.1, -0.05) is 178 Å². The Morgan fingerprint density at radius 2 is 0.898 bits per heavy atom. The second kappa shape index (κ2) is 13.9. The van der Waals surface area contributed by atoms with Crippen LogP contribution in [0.3, 0.4) is 0 Å². The summed E-state index contributed by atoms with van der Waals surface area (Å²) in [5, 5.41) is 2.24. The summed E-state index contributed by atoms with van der Waals surface area (Å²) in [5.74, 6) is 0. The van der Waals surface area contributed by atoms with E-state index in [1.807, 2.05) is 6.07 Å². The summed E-state index contributed by atoms with van der Waals surface area (Å²) in [5.41, 5.74) is 19.7. The number of para-hydroxylation sites is 1. The molecule has 11 rings (SSSR count). The second-order valence-corrected chi connectivity index (χ2v) is 16.1. The average molecular weight is 756 g/mol. The molecule has 0 saturated carbocycles. The fourth-order valence-corrected chi connectivity index (χ4v) is 9.34. The lowest BCUT2D eigenvalue weighted by Gasteiger charge is -2.28. The largest absolute Gasteiger partial charge is 0.456 e. The van der Waals surface area contributed by atoms with Crippen LogP contribution in [0.25, 0.3) is 77.6 Å². The lowest BCUT2D eigenvalue weighted by Crippen LogP contribution is -2.16. The summed E-state index contributed by atoms with van der Waals surface area (Å²) in [7, 11) is 0. The number of benzene rings is 9. The van der Waals surface area contributed by atoms with E-state index in [0.717, 1.165) is 55.7 Å². The van der Waals surface area contributed by atoms with Gasteiger partial charge >= 0.3 is 0 Å². The molecule has 1 aromatic heterocycles. The molecule has 0 radical (unpaired) electrons. The molecule has 2 nitrogen and oxygen atoms in total. The van der Waals surface area contributed by atoms with E-state index < -0.39 is 0 Å². The summed E-state index contributed by atoms with van der Waals surface area (Å²) in [6.45, 7) is 4.70. The number of nitrogens with zero attached hydrogens (tertiary/aromatic N) is 1. The van der Waals surface area contributed by atoms with E-state index in [1.54, 1.807) is 0 Å². The Kier molecular flexibility index (Phi) is 8.20. The average Bonchev–Trinajstić information content (AvgIpc) is 3.79. The van der Waals surface area contributed by atoms with Crippen molar-refractivity contribution in [2.75, 3.05) is 4.90 Å². The van der Waals surface area contributed by atoms with Gasteiger partial charge in [0.15, 0.2) is 0 Å². The first kappa shape index (κ1) is 34.8. The first-order valence-corrected chi connectivity index (χ1v) is 20.4. The molecule has 0 bridgehead atoms. The maximum atomic E-state index is 6.49. The molecule has 0 atom stereocenters. The van der Waals surface area contributed by atoms with Gasteiger partial charge in [-0.25, -0.2) is 0 Å². The van der Waals surface area contributed by atoms with Gasteiger partial charge in [-0.05, 0) is 110 Å². The second-order valence-electron chi connectivity index (χ2n) is 16.1. The van der Waals surface area contributed by atoms with Gasteiger partial charge in [0.2, 0.25) is 0 Å². The fourth-order valence-electron chi connectivity index (χ4n) is 9.34. The molecule has 0 fully saturated rings.